The van der Waals surface area contributed by atoms with Crippen LogP contribution in [0.3, 0.4) is 0 Å². The first kappa shape index (κ1) is 15.9. The highest BCUT2D eigenvalue weighted by molar-refractivity contribution is 7.80. The average Bonchev–Trinajstić information content (AvgIpc) is 2.51. The van der Waals surface area contributed by atoms with Crippen molar-refractivity contribution in [1.82, 2.24) is 0 Å². The zero-order valence-electron chi connectivity index (χ0n) is 12.1. The predicted molar refractivity (Wildman–Crippen MR) is 88.8 cm³/mol. The molecule has 2 rings (SSSR count). The summed E-state index contributed by atoms with van der Waals surface area (Å²) in [6.45, 7) is 1.69. The number of halogens is 1. The van der Waals surface area contributed by atoms with E-state index in [-0.39, 0.29) is 5.82 Å². The van der Waals surface area contributed by atoms with Gasteiger partial charge in [-0.3, -0.25) is 0 Å². The number of thiocarbonyl (C=S) groups is 1. The summed E-state index contributed by atoms with van der Waals surface area (Å²) in [7, 11) is 1.33. The summed E-state index contributed by atoms with van der Waals surface area (Å²) in [4.78, 5) is 11.3. The lowest BCUT2D eigenvalue weighted by Gasteiger charge is -2.11. The van der Waals surface area contributed by atoms with Crippen molar-refractivity contribution >= 4 is 34.7 Å². The smallest absolute Gasteiger partial charge is 0.337 e. The summed E-state index contributed by atoms with van der Waals surface area (Å²) in [6.07, 6.45) is 0. The van der Waals surface area contributed by atoms with Gasteiger partial charge in [-0.05, 0) is 61.1 Å². The van der Waals surface area contributed by atoms with Crippen molar-refractivity contribution in [3.05, 3.63) is 59.4 Å². The van der Waals surface area contributed by atoms with E-state index in [1.165, 1.54) is 13.2 Å². The maximum absolute atomic E-state index is 13.5. The van der Waals surface area contributed by atoms with Gasteiger partial charge in [-0.2, -0.15) is 0 Å². The Morgan fingerprint density at radius 2 is 1.68 bits per heavy atom. The fraction of sp³-hybridized carbons (Fsp3) is 0.125. The van der Waals surface area contributed by atoms with Crippen LogP contribution in [0.2, 0.25) is 0 Å². The predicted octanol–water partition coefficient (Wildman–Crippen LogP) is 3.73. The average molecular weight is 318 g/mol. The number of benzene rings is 2. The maximum atomic E-state index is 13.5. The lowest BCUT2D eigenvalue weighted by atomic mass is 10.2. The standard InChI is InChI=1S/C16H15FN2O2S/c1-10-3-6-13(9-14(10)17)19-16(22)18-12-7-4-11(5-8-12)15(20)21-2/h3-9H,1-2H3,(H2,18,19,22). The number of hydrogen-bond donors (Lipinski definition) is 2. The van der Waals surface area contributed by atoms with Crippen molar-refractivity contribution in [3.8, 4) is 0 Å². The van der Waals surface area contributed by atoms with Crippen LogP contribution in [0.4, 0.5) is 15.8 Å². The molecule has 0 saturated heterocycles. The van der Waals surface area contributed by atoms with Crippen LogP contribution in [0.1, 0.15) is 15.9 Å². The zero-order chi connectivity index (χ0) is 16.1. The normalized spacial score (nSPS) is 9.95. The Morgan fingerprint density at radius 1 is 1.09 bits per heavy atom. The van der Waals surface area contributed by atoms with Crippen molar-refractivity contribution in [2.45, 2.75) is 6.92 Å². The Morgan fingerprint density at radius 3 is 2.27 bits per heavy atom. The summed E-state index contributed by atoms with van der Waals surface area (Å²) >= 11 is 5.17. The largest absolute Gasteiger partial charge is 0.465 e. The van der Waals surface area contributed by atoms with E-state index < -0.39 is 5.97 Å². The highest BCUT2D eigenvalue weighted by Gasteiger charge is 2.05. The van der Waals surface area contributed by atoms with Gasteiger partial charge in [-0.25, -0.2) is 9.18 Å². The van der Waals surface area contributed by atoms with E-state index in [4.69, 9.17) is 12.2 Å². The van der Waals surface area contributed by atoms with Crippen LogP contribution in [-0.2, 0) is 4.74 Å². The van der Waals surface area contributed by atoms with Gasteiger partial charge in [0, 0.05) is 11.4 Å². The molecule has 0 aliphatic rings. The second-order valence-electron chi connectivity index (χ2n) is 4.61. The van der Waals surface area contributed by atoms with Gasteiger partial charge in [0.1, 0.15) is 5.82 Å². The molecule has 2 N–H and O–H groups in total. The Hall–Kier alpha value is -2.47. The van der Waals surface area contributed by atoms with Crippen molar-refractivity contribution in [2.24, 2.45) is 0 Å². The third kappa shape index (κ3) is 4.02. The summed E-state index contributed by atoms with van der Waals surface area (Å²) in [5.74, 6) is -0.697. The highest BCUT2D eigenvalue weighted by atomic mass is 32.1. The van der Waals surface area contributed by atoms with Crippen LogP contribution < -0.4 is 10.6 Å². The third-order valence-electron chi connectivity index (χ3n) is 2.99. The van der Waals surface area contributed by atoms with Gasteiger partial charge in [-0.15, -0.1) is 0 Å². The number of hydrogen-bond acceptors (Lipinski definition) is 3. The number of aryl methyl sites for hydroxylation is 1. The first-order valence-electron chi connectivity index (χ1n) is 6.52. The van der Waals surface area contributed by atoms with Gasteiger partial charge < -0.3 is 15.4 Å². The number of rotatable bonds is 3. The Labute approximate surface area is 133 Å². The molecule has 0 aromatic heterocycles. The fourth-order valence-electron chi connectivity index (χ4n) is 1.77. The first-order chi connectivity index (χ1) is 10.5. The van der Waals surface area contributed by atoms with Crippen LogP contribution in [0.15, 0.2) is 42.5 Å². The topological polar surface area (TPSA) is 50.4 Å². The fourth-order valence-corrected chi connectivity index (χ4v) is 2.01. The molecule has 0 heterocycles. The minimum absolute atomic E-state index is 0.296. The second-order valence-corrected chi connectivity index (χ2v) is 5.02. The van der Waals surface area contributed by atoms with Gasteiger partial charge >= 0.3 is 5.97 Å². The molecule has 2 aromatic carbocycles. The number of carbonyl (C=O) groups is 1. The molecule has 0 bridgehead atoms. The summed E-state index contributed by atoms with van der Waals surface area (Å²) in [6, 6.07) is 11.5. The minimum Gasteiger partial charge on any atom is -0.465 e. The number of ether oxygens (including phenoxy) is 1. The minimum atomic E-state index is -0.401. The summed E-state index contributed by atoms with van der Waals surface area (Å²) in [5.41, 5.74) is 2.29. The second kappa shape index (κ2) is 7.00. The third-order valence-corrected chi connectivity index (χ3v) is 3.20. The molecule has 0 radical (unpaired) electrons. The van der Waals surface area contributed by atoms with Gasteiger partial charge in [0.15, 0.2) is 5.11 Å². The molecule has 0 amide bonds. The van der Waals surface area contributed by atoms with E-state index >= 15 is 0 Å². The number of esters is 1. The molecular formula is C16H15FN2O2S. The molecule has 22 heavy (non-hydrogen) atoms. The Kier molecular flexibility index (Phi) is 5.06. The first-order valence-corrected chi connectivity index (χ1v) is 6.93. The molecule has 114 valence electrons. The SMILES string of the molecule is COC(=O)c1ccc(NC(=S)Nc2ccc(C)c(F)c2)cc1. The lowest BCUT2D eigenvalue weighted by Crippen LogP contribution is -2.19. The molecule has 0 atom stereocenters. The molecule has 0 saturated carbocycles. The van der Waals surface area contributed by atoms with E-state index in [9.17, 15) is 9.18 Å². The van der Waals surface area contributed by atoms with Crippen molar-refractivity contribution < 1.29 is 13.9 Å². The molecule has 0 spiro atoms. The quantitative estimate of drug-likeness (QED) is 0.667. The number of carbonyl (C=O) groups excluding carboxylic acids is 1. The van der Waals surface area contributed by atoms with E-state index in [0.717, 1.165) is 0 Å². The van der Waals surface area contributed by atoms with Gasteiger partial charge in [0.25, 0.3) is 0 Å². The van der Waals surface area contributed by atoms with Crippen LogP contribution in [0.5, 0.6) is 0 Å². The van der Waals surface area contributed by atoms with Gasteiger partial charge in [-0.1, -0.05) is 6.07 Å². The van der Waals surface area contributed by atoms with E-state index in [2.05, 4.69) is 15.4 Å². The molecular weight excluding hydrogens is 303 g/mol. The molecule has 0 fully saturated rings. The highest BCUT2D eigenvalue weighted by Crippen LogP contribution is 2.15. The lowest BCUT2D eigenvalue weighted by molar-refractivity contribution is 0.0601. The number of anilines is 2. The van der Waals surface area contributed by atoms with Crippen LogP contribution >= 0.6 is 12.2 Å². The van der Waals surface area contributed by atoms with Crippen molar-refractivity contribution in [2.75, 3.05) is 17.7 Å². The van der Waals surface area contributed by atoms with Crippen molar-refractivity contribution in [1.29, 1.82) is 0 Å². The molecule has 2 aromatic rings. The number of methoxy groups -OCH3 is 1. The molecule has 6 heteroatoms. The van der Waals surface area contributed by atoms with Crippen LogP contribution in [-0.4, -0.2) is 18.2 Å². The van der Waals surface area contributed by atoms with Gasteiger partial charge in [0.2, 0.25) is 0 Å². The number of nitrogens with one attached hydrogen (secondary N) is 2. The maximum Gasteiger partial charge on any atom is 0.337 e. The Bertz CT molecular complexity index is 702. The van der Waals surface area contributed by atoms with Crippen molar-refractivity contribution in [3.63, 3.8) is 0 Å². The summed E-state index contributed by atoms with van der Waals surface area (Å²) < 4.78 is 18.1. The van der Waals surface area contributed by atoms with Crippen LogP contribution in [0.25, 0.3) is 0 Å². The summed E-state index contributed by atoms with van der Waals surface area (Å²) in [5, 5.41) is 6.18. The molecule has 0 aliphatic carbocycles. The molecule has 0 aliphatic heterocycles. The van der Waals surface area contributed by atoms with Gasteiger partial charge in [0.05, 0.1) is 12.7 Å². The zero-order valence-corrected chi connectivity index (χ0v) is 13.0. The monoisotopic (exact) mass is 318 g/mol. The van der Waals surface area contributed by atoms with E-state index in [0.29, 0.717) is 27.6 Å². The van der Waals surface area contributed by atoms with E-state index in [1.807, 2.05) is 0 Å². The Balaban J connectivity index is 1.99. The molecule has 4 nitrogen and oxygen atoms in total. The van der Waals surface area contributed by atoms with E-state index in [1.54, 1.807) is 43.3 Å². The van der Waals surface area contributed by atoms with Crippen LogP contribution in [0, 0.1) is 12.7 Å². The molecule has 0 unspecified atom stereocenters.